The van der Waals surface area contributed by atoms with Crippen LogP contribution >= 0.6 is 0 Å². The van der Waals surface area contributed by atoms with E-state index in [1.807, 2.05) is 0 Å². The van der Waals surface area contributed by atoms with Crippen molar-refractivity contribution >= 4 is 11.8 Å². The second-order valence-electron chi connectivity index (χ2n) is 8.36. The molecule has 2 atom stereocenters. The number of amides is 2. The molecule has 1 unspecified atom stereocenters. The maximum atomic E-state index is 13.2. The number of carbonyl (C=O) groups excluding carboxylic acids is 2. The Hall–Kier alpha value is -3.47. The first-order chi connectivity index (χ1) is 16.6. The molecule has 0 bridgehead atoms. The van der Waals surface area contributed by atoms with E-state index in [2.05, 4.69) is 5.32 Å². The minimum Gasteiger partial charge on any atom is -0.507 e. The number of phenolic OH excluding ortho intramolecular Hbond substituents is 1. The van der Waals surface area contributed by atoms with Crippen LogP contribution in [0.1, 0.15) is 39.4 Å². The Balaban J connectivity index is 1.72. The van der Waals surface area contributed by atoms with Crippen LogP contribution in [0.2, 0.25) is 0 Å². The molecule has 8 nitrogen and oxygen atoms in total. The van der Waals surface area contributed by atoms with E-state index >= 15 is 0 Å². The summed E-state index contributed by atoms with van der Waals surface area (Å²) in [5.74, 6) is -1.11. The molecule has 1 saturated heterocycles. The van der Waals surface area contributed by atoms with Crippen molar-refractivity contribution in [3.05, 3.63) is 52.6 Å². The maximum Gasteiger partial charge on any atom is 0.416 e. The third kappa shape index (κ3) is 5.00. The van der Waals surface area contributed by atoms with Crippen LogP contribution in [0, 0.1) is 0 Å². The first kappa shape index (κ1) is 24.6. The maximum absolute atomic E-state index is 13.2. The first-order valence-electron chi connectivity index (χ1n) is 10.9. The number of morpholine rings is 1. The van der Waals surface area contributed by atoms with Gasteiger partial charge < -0.3 is 29.5 Å². The van der Waals surface area contributed by atoms with E-state index in [9.17, 15) is 27.9 Å². The van der Waals surface area contributed by atoms with Crippen LogP contribution in [0.3, 0.4) is 0 Å². The summed E-state index contributed by atoms with van der Waals surface area (Å²) in [6, 6.07) is 7.99. The molecule has 0 radical (unpaired) electrons. The average molecular weight is 494 g/mol. The van der Waals surface area contributed by atoms with E-state index in [-0.39, 0.29) is 37.0 Å². The number of benzene rings is 2. The standard InChI is InChI=1S/C24H25F3N2O6/c1-33-15-8-18(30)22(19(9-15)34-2)17(13-3-4-16-14(7-13)11-28-23(16)32)10-21(31)29-5-6-35-20(12-29)24(25,26)27/h3-4,7-9,17,20,30H,5-6,10-12H2,1-2H3,(H,28,32)/t17-,20?/m1/s1. The number of hydrogen-bond acceptors (Lipinski definition) is 6. The molecular weight excluding hydrogens is 469 g/mol. The fourth-order valence-corrected chi connectivity index (χ4v) is 4.46. The minimum absolute atomic E-state index is 0.0203. The molecule has 2 aliphatic rings. The molecule has 1 fully saturated rings. The summed E-state index contributed by atoms with van der Waals surface area (Å²) >= 11 is 0. The highest BCUT2D eigenvalue weighted by atomic mass is 19.4. The van der Waals surface area contributed by atoms with Crippen LogP contribution in [0.15, 0.2) is 30.3 Å². The normalized spacial score (nSPS) is 18.6. The molecule has 188 valence electrons. The highest BCUT2D eigenvalue weighted by Gasteiger charge is 2.44. The number of nitrogens with one attached hydrogen (secondary N) is 1. The fraction of sp³-hybridized carbons (Fsp3) is 0.417. The molecule has 0 aliphatic carbocycles. The number of rotatable bonds is 6. The number of hydrogen-bond donors (Lipinski definition) is 2. The van der Waals surface area contributed by atoms with Gasteiger partial charge in [0, 0.05) is 48.7 Å². The molecule has 2 aliphatic heterocycles. The smallest absolute Gasteiger partial charge is 0.416 e. The van der Waals surface area contributed by atoms with Gasteiger partial charge in [-0.15, -0.1) is 0 Å². The van der Waals surface area contributed by atoms with E-state index in [0.717, 1.165) is 10.5 Å². The lowest BCUT2D eigenvalue weighted by atomic mass is 9.85. The summed E-state index contributed by atoms with van der Waals surface area (Å²) in [4.78, 5) is 26.4. The average Bonchev–Trinajstić information content (AvgIpc) is 3.21. The number of halogens is 3. The van der Waals surface area contributed by atoms with Crippen molar-refractivity contribution in [2.24, 2.45) is 0 Å². The summed E-state index contributed by atoms with van der Waals surface area (Å²) < 4.78 is 55.0. The summed E-state index contributed by atoms with van der Waals surface area (Å²) in [6.45, 7) is -0.509. The number of aromatic hydroxyl groups is 1. The predicted molar refractivity (Wildman–Crippen MR) is 118 cm³/mol. The van der Waals surface area contributed by atoms with Gasteiger partial charge in [0.15, 0.2) is 6.10 Å². The van der Waals surface area contributed by atoms with E-state index in [1.54, 1.807) is 24.3 Å². The Morgan fingerprint density at radius 3 is 2.71 bits per heavy atom. The van der Waals surface area contributed by atoms with Gasteiger partial charge in [0.2, 0.25) is 5.91 Å². The van der Waals surface area contributed by atoms with Crippen molar-refractivity contribution in [3.63, 3.8) is 0 Å². The lowest BCUT2D eigenvalue weighted by molar-refractivity contribution is -0.236. The van der Waals surface area contributed by atoms with Crippen molar-refractivity contribution in [2.45, 2.75) is 31.2 Å². The Morgan fingerprint density at radius 2 is 2.03 bits per heavy atom. The highest BCUT2D eigenvalue weighted by molar-refractivity contribution is 5.98. The van der Waals surface area contributed by atoms with Crippen LogP contribution < -0.4 is 14.8 Å². The number of alkyl halides is 3. The fourth-order valence-electron chi connectivity index (χ4n) is 4.46. The molecule has 2 aromatic carbocycles. The van der Waals surface area contributed by atoms with Gasteiger partial charge in [-0.1, -0.05) is 12.1 Å². The lowest BCUT2D eigenvalue weighted by Crippen LogP contribution is -2.51. The van der Waals surface area contributed by atoms with Crippen LogP contribution in [0.25, 0.3) is 0 Å². The number of carbonyl (C=O) groups is 2. The van der Waals surface area contributed by atoms with Crippen molar-refractivity contribution in [1.82, 2.24) is 10.2 Å². The Labute approximate surface area is 199 Å². The van der Waals surface area contributed by atoms with Gasteiger partial charge in [-0.05, 0) is 17.2 Å². The minimum atomic E-state index is -4.59. The van der Waals surface area contributed by atoms with Crippen molar-refractivity contribution in [1.29, 1.82) is 0 Å². The number of phenols is 1. The first-order valence-corrected chi connectivity index (χ1v) is 10.9. The number of nitrogens with zero attached hydrogens (tertiary/aromatic N) is 1. The SMILES string of the molecule is COc1cc(O)c([C@H](CC(=O)N2CCOC(C(F)(F)F)C2)c2ccc3c(c2)CNC3=O)c(OC)c1. The lowest BCUT2D eigenvalue weighted by Gasteiger charge is -2.34. The van der Waals surface area contributed by atoms with Gasteiger partial charge in [0.25, 0.3) is 5.91 Å². The van der Waals surface area contributed by atoms with Gasteiger partial charge >= 0.3 is 6.18 Å². The predicted octanol–water partition coefficient (Wildman–Crippen LogP) is 2.96. The summed E-state index contributed by atoms with van der Waals surface area (Å²) in [5.41, 5.74) is 2.12. The molecule has 2 amide bonds. The molecule has 11 heteroatoms. The molecule has 2 N–H and O–H groups in total. The molecule has 0 saturated carbocycles. The Morgan fingerprint density at radius 1 is 1.26 bits per heavy atom. The van der Waals surface area contributed by atoms with Crippen LogP contribution in [0.4, 0.5) is 13.2 Å². The van der Waals surface area contributed by atoms with Gasteiger partial charge in [-0.2, -0.15) is 13.2 Å². The molecule has 0 spiro atoms. The van der Waals surface area contributed by atoms with E-state index in [4.69, 9.17) is 14.2 Å². The molecule has 0 aromatic heterocycles. The molecule has 35 heavy (non-hydrogen) atoms. The number of fused-ring (bicyclic) bond motifs is 1. The van der Waals surface area contributed by atoms with Gasteiger partial charge in [0.1, 0.15) is 17.2 Å². The third-order valence-electron chi connectivity index (χ3n) is 6.28. The monoisotopic (exact) mass is 494 g/mol. The second kappa shape index (κ2) is 9.65. The van der Waals surface area contributed by atoms with Crippen LogP contribution in [-0.4, -0.2) is 68.0 Å². The zero-order valence-corrected chi connectivity index (χ0v) is 19.1. The van der Waals surface area contributed by atoms with E-state index in [1.165, 1.54) is 20.3 Å². The molecule has 2 aromatic rings. The van der Waals surface area contributed by atoms with Gasteiger partial charge in [-0.25, -0.2) is 0 Å². The van der Waals surface area contributed by atoms with Crippen molar-refractivity contribution in [2.75, 3.05) is 33.9 Å². The van der Waals surface area contributed by atoms with E-state index < -0.39 is 30.7 Å². The molecular formula is C24H25F3N2O6. The number of methoxy groups -OCH3 is 2. The van der Waals surface area contributed by atoms with E-state index in [0.29, 0.717) is 29.0 Å². The largest absolute Gasteiger partial charge is 0.507 e. The summed E-state index contributed by atoms with van der Waals surface area (Å²) in [6.07, 6.45) is -6.88. The Bertz CT molecular complexity index is 1140. The third-order valence-corrected chi connectivity index (χ3v) is 6.28. The van der Waals surface area contributed by atoms with Crippen LogP contribution in [-0.2, 0) is 16.1 Å². The van der Waals surface area contributed by atoms with Crippen LogP contribution in [0.5, 0.6) is 17.2 Å². The summed E-state index contributed by atoms with van der Waals surface area (Å²) in [5, 5.41) is 13.6. The number of ether oxygens (including phenoxy) is 3. The zero-order chi connectivity index (χ0) is 25.3. The van der Waals surface area contributed by atoms with Gasteiger partial charge in [-0.3, -0.25) is 9.59 Å². The second-order valence-corrected chi connectivity index (χ2v) is 8.36. The van der Waals surface area contributed by atoms with Crippen molar-refractivity contribution in [3.8, 4) is 17.2 Å². The summed E-state index contributed by atoms with van der Waals surface area (Å²) in [7, 11) is 2.83. The highest BCUT2D eigenvalue weighted by Crippen LogP contribution is 2.44. The molecule has 4 rings (SSSR count). The molecule has 2 heterocycles. The van der Waals surface area contributed by atoms with Gasteiger partial charge in [0.05, 0.1) is 27.4 Å². The zero-order valence-electron chi connectivity index (χ0n) is 19.1. The Kier molecular flexibility index (Phi) is 6.79. The topological polar surface area (TPSA) is 97.3 Å². The quantitative estimate of drug-likeness (QED) is 0.641. The van der Waals surface area contributed by atoms with Crippen molar-refractivity contribution < 1.29 is 42.1 Å².